The van der Waals surface area contributed by atoms with Gasteiger partial charge in [0.2, 0.25) is 0 Å². The Labute approximate surface area is 185 Å². The largest absolute Gasteiger partial charge is 0.748 e. The lowest BCUT2D eigenvalue weighted by atomic mass is 9.94. The molecular formula is C23H45NO5S. The van der Waals surface area contributed by atoms with E-state index in [4.69, 9.17) is 4.74 Å². The topological polar surface area (TPSA) is 83.5 Å². The number of unbranched alkanes of at least 4 members (excludes halogenated alkanes) is 9. The standard InChI is InChI=1S/C23H45NO5S/c1-3-5-6-7-8-9-10-11-12-13-17-24(19-15-20-30(26,27)28)18-14-16-22(21-24)23(25)29-4-2/h22H,3-21H2,1-2H3. The van der Waals surface area contributed by atoms with Gasteiger partial charge >= 0.3 is 5.97 Å². The van der Waals surface area contributed by atoms with Gasteiger partial charge in [-0.1, -0.05) is 58.3 Å². The Morgan fingerprint density at radius 3 is 2.07 bits per heavy atom. The van der Waals surface area contributed by atoms with Gasteiger partial charge in [-0.25, -0.2) is 8.42 Å². The van der Waals surface area contributed by atoms with Crippen molar-refractivity contribution in [3.63, 3.8) is 0 Å². The quantitative estimate of drug-likeness (QED) is 0.140. The summed E-state index contributed by atoms with van der Waals surface area (Å²) in [6, 6.07) is 0. The molecule has 1 aliphatic rings. The number of likely N-dealkylation sites (tertiary alicyclic amines) is 1. The molecule has 0 aromatic heterocycles. The number of esters is 1. The summed E-state index contributed by atoms with van der Waals surface area (Å²) < 4.78 is 39.1. The molecule has 0 aliphatic carbocycles. The highest BCUT2D eigenvalue weighted by Crippen LogP contribution is 2.27. The van der Waals surface area contributed by atoms with Crippen LogP contribution >= 0.6 is 0 Å². The maximum Gasteiger partial charge on any atom is 0.314 e. The fraction of sp³-hybridized carbons (Fsp3) is 0.957. The summed E-state index contributed by atoms with van der Waals surface area (Å²) in [4.78, 5) is 12.3. The highest BCUT2D eigenvalue weighted by Gasteiger charge is 2.38. The third-order valence-corrected chi connectivity index (χ3v) is 7.21. The van der Waals surface area contributed by atoms with Crippen LogP contribution in [0.3, 0.4) is 0 Å². The Morgan fingerprint density at radius 1 is 0.933 bits per heavy atom. The molecule has 0 N–H and O–H groups in total. The zero-order valence-corrected chi connectivity index (χ0v) is 20.2. The summed E-state index contributed by atoms with van der Waals surface area (Å²) in [5, 5.41) is 0. The molecule has 30 heavy (non-hydrogen) atoms. The lowest BCUT2D eigenvalue weighted by Crippen LogP contribution is -2.56. The van der Waals surface area contributed by atoms with Crippen LogP contribution in [0.25, 0.3) is 0 Å². The number of piperidine rings is 1. The predicted octanol–water partition coefficient (Wildman–Crippen LogP) is 4.63. The van der Waals surface area contributed by atoms with Gasteiger partial charge in [-0.3, -0.25) is 4.79 Å². The number of hydrogen-bond donors (Lipinski definition) is 0. The highest BCUT2D eigenvalue weighted by atomic mass is 32.2. The van der Waals surface area contributed by atoms with Crippen molar-refractivity contribution in [1.29, 1.82) is 0 Å². The number of quaternary nitrogens is 1. The van der Waals surface area contributed by atoms with Crippen LogP contribution in [0.4, 0.5) is 0 Å². The number of hydrogen-bond acceptors (Lipinski definition) is 5. The second-order valence-electron chi connectivity index (χ2n) is 9.08. The van der Waals surface area contributed by atoms with E-state index >= 15 is 0 Å². The molecule has 0 bridgehead atoms. The molecule has 0 aromatic rings. The van der Waals surface area contributed by atoms with Crippen LogP contribution < -0.4 is 0 Å². The van der Waals surface area contributed by atoms with E-state index in [2.05, 4.69) is 6.92 Å². The molecule has 0 spiro atoms. The number of rotatable bonds is 17. The Morgan fingerprint density at radius 2 is 1.50 bits per heavy atom. The van der Waals surface area contributed by atoms with Crippen LogP contribution in [0, 0.1) is 5.92 Å². The Kier molecular flexibility index (Phi) is 13.9. The second-order valence-corrected chi connectivity index (χ2v) is 10.6. The average Bonchev–Trinajstić information content (AvgIpc) is 2.69. The monoisotopic (exact) mass is 447 g/mol. The first kappa shape index (κ1) is 27.4. The van der Waals surface area contributed by atoms with Gasteiger partial charge in [-0.15, -0.1) is 0 Å². The van der Waals surface area contributed by atoms with Crippen LogP contribution in [0.15, 0.2) is 0 Å². The summed E-state index contributed by atoms with van der Waals surface area (Å²) in [6.07, 6.45) is 15.0. The van der Waals surface area contributed by atoms with Crippen LogP contribution in [0.2, 0.25) is 0 Å². The van der Waals surface area contributed by atoms with Gasteiger partial charge < -0.3 is 13.8 Å². The maximum atomic E-state index is 12.3. The van der Waals surface area contributed by atoms with E-state index in [0.717, 1.165) is 43.4 Å². The molecule has 1 saturated heterocycles. The number of nitrogens with zero attached hydrogens (tertiary/aromatic N) is 1. The predicted molar refractivity (Wildman–Crippen MR) is 120 cm³/mol. The van der Waals surface area contributed by atoms with Gasteiger partial charge in [0, 0.05) is 12.2 Å². The zero-order valence-electron chi connectivity index (χ0n) is 19.4. The third kappa shape index (κ3) is 12.3. The fourth-order valence-corrected chi connectivity index (χ4v) is 5.29. The molecule has 0 saturated carbocycles. The van der Waals surface area contributed by atoms with E-state index in [9.17, 15) is 17.8 Å². The zero-order chi connectivity index (χ0) is 22.3. The summed E-state index contributed by atoms with van der Waals surface area (Å²) >= 11 is 0. The first-order chi connectivity index (χ1) is 14.3. The Balaban J connectivity index is 2.44. The van der Waals surface area contributed by atoms with Crippen molar-refractivity contribution < 1.29 is 27.0 Å². The summed E-state index contributed by atoms with van der Waals surface area (Å²) in [5.74, 6) is -0.542. The van der Waals surface area contributed by atoms with Crippen molar-refractivity contribution in [2.24, 2.45) is 5.92 Å². The van der Waals surface area contributed by atoms with Gasteiger partial charge in [-0.2, -0.15) is 0 Å². The van der Waals surface area contributed by atoms with Crippen molar-refractivity contribution in [1.82, 2.24) is 0 Å². The lowest BCUT2D eigenvalue weighted by Gasteiger charge is -2.44. The van der Waals surface area contributed by atoms with E-state index in [-0.39, 0.29) is 17.6 Å². The first-order valence-corrected chi connectivity index (χ1v) is 13.8. The van der Waals surface area contributed by atoms with Crippen molar-refractivity contribution >= 4 is 16.1 Å². The number of ether oxygens (including phenoxy) is 1. The molecule has 1 rings (SSSR count). The molecule has 0 aromatic carbocycles. The van der Waals surface area contributed by atoms with Gasteiger partial charge in [0.1, 0.15) is 5.92 Å². The molecule has 0 radical (unpaired) electrons. The minimum Gasteiger partial charge on any atom is -0.748 e. The van der Waals surface area contributed by atoms with Crippen molar-refractivity contribution in [2.45, 2.75) is 97.3 Å². The van der Waals surface area contributed by atoms with Crippen molar-refractivity contribution in [2.75, 3.05) is 38.5 Å². The molecule has 6 nitrogen and oxygen atoms in total. The molecule has 1 aliphatic heterocycles. The SMILES string of the molecule is CCCCCCCCCCCC[N+]1(CCCS(=O)(=O)[O-])CCCC(C(=O)OCC)C1. The number of carbonyl (C=O) groups is 1. The van der Waals surface area contributed by atoms with E-state index in [1.165, 1.54) is 57.8 Å². The minimum absolute atomic E-state index is 0.106. The number of carbonyl (C=O) groups excluding carboxylic acids is 1. The lowest BCUT2D eigenvalue weighted by molar-refractivity contribution is -0.935. The molecule has 2 atom stereocenters. The van der Waals surface area contributed by atoms with Gasteiger partial charge in [0.25, 0.3) is 0 Å². The molecule has 1 heterocycles. The first-order valence-electron chi connectivity index (χ1n) is 12.3. The molecule has 7 heteroatoms. The summed E-state index contributed by atoms with van der Waals surface area (Å²) in [6.45, 7) is 7.77. The normalized spacial score (nSPS) is 22.2. The molecular weight excluding hydrogens is 402 g/mol. The average molecular weight is 448 g/mol. The van der Waals surface area contributed by atoms with Crippen LogP contribution in [0.1, 0.15) is 97.3 Å². The molecule has 2 unspecified atom stereocenters. The van der Waals surface area contributed by atoms with Gasteiger partial charge in [-0.05, 0) is 32.6 Å². The summed E-state index contributed by atoms with van der Waals surface area (Å²) in [7, 11) is -4.19. The Hall–Kier alpha value is -0.660. The third-order valence-electron chi connectivity index (χ3n) is 6.43. The minimum atomic E-state index is -4.19. The summed E-state index contributed by atoms with van der Waals surface area (Å²) in [5.41, 5.74) is 0. The van der Waals surface area contributed by atoms with E-state index < -0.39 is 10.1 Å². The van der Waals surface area contributed by atoms with Gasteiger partial charge in [0.15, 0.2) is 0 Å². The maximum absolute atomic E-state index is 12.3. The highest BCUT2D eigenvalue weighted by molar-refractivity contribution is 7.85. The van der Waals surface area contributed by atoms with Crippen molar-refractivity contribution in [3.05, 3.63) is 0 Å². The van der Waals surface area contributed by atoms with Crippen LogP contribution in [0.5, 0.6) is 0 Å². The smallest absolute Gasteiger partial charge is 0.314 e. The van der Waals surface area contributed by atoms with Crippen LogP contribution in [-0.4, -0.2) is 62.0 Å². The van der Waals surface area contributed by atoms with E-state index in [0.29, 0.717) is 19.6 Å². The molecule has 1 fully saturated rings. The van der Waals surface area contributed by atoms with Crippen molar-refractivity contribution in [3.8, 4) is 0 Å². The van der Waals surface area contributed by atoms with Crippen LogP contribution in [-0.2, 0) is 19.6 Å². The Bertz CT molecular complexity index is 566. The molecule has 178 valence electrons. The second kappa shape index (κ2) is 15.2. The van der Waals surface area contributed by atoms with Gasteiger partial charge in [0.05, 0.1) is 42.9 Å². The molecule has 0 amide bonds. The van der Waals surface area contributed by atoms with E-state index in [1.54, 1.807) is 0 Å². The fourth-order valence-electron chi connectivity index (χ4n) is 4.81. The van der Waals surface area contributed by atoms with E-state index in [1.807, 2.05) is 6.92 Å².